The molecule has 2 aromatic carbocycles. The number of para-hydroxylation sites is 2. The molecule has 2 atom stereocenters. The van der Waals surface area contributed by atoms with Crippen LogP contribution >= 0.6 is 0 Å². The van der Waals surface area contributed by atoms with Crippen molar-refractivity contribution in [2.45, 2.75) is 25.9 Å². The number of hydrogen-bond acceptors (Lipinski definition) is 5. The number of benzene rings is 2. The van der Waals surface area contributed by atoms with Crippen molar-refractivity contribution in [1.29, 1.82) is 0 Å². The average Bonchev–Trinajstić information content (AvgIpc) is 2.68. The van der Waals surface area contributed by atoms with Crippen molar-refractivity contribution in [3.8, 4) is 11.5 Å². The van der Waals surface area contributed by atoms with Gasteiger partial charge >= 0.3 is 0 Å². The highest BCUT2D eigenvalue weighted by Gasteiger charge is 2.30. The van der Waals surface area contributed by atoms with E-state index in [0.717, 1.165) is 28.8 Å². The summed E-state index contributed by atoms with van der Waals surface area (Å²) in [6.45, 7) is 3.14. The van der Waals surface area contributed by atoms with E-state index in [1.165, 1.54) is 14.0 Å². The highest BCUT2D eigenvalue weighted by molar-refractivity contribution is 7.92. The van der Waals surface area contributed by atoms with Gasteiger partial charge in [-0.25, -0.2) is 17.2 Å². The first-order chi connectivity index (χ1) is 14.0. The Kier molecular flexibility index (Phi) is 7.60. The molecule has 30 heavy (non-hydrogen) atoms. The number of halogens is 2. The third kappa shape index (κ3) is 5.82. The summed E-state index contributed by atoms with van der Waals surface area (Å²) in [6.07, 6.45) is 0.881. The first-order valence-electron chi connectivity index (χ1n) is 9.05. The predicted octanol–water partition coefficient (Wildman–Crippen LogP) is 2.71. The number of carbonyl (C=O) groups is 1. The van der Waals surface area contributed by atoms with Crippen molar-refractivity contribution < 1.29 is 31.5 Å². The zero-order chi connectivity index (χ0) is 22.5. The van der Waals surface area contributed by atoms with Crippen LogP contribution in [0.2, 0.25) is 0 Å². The zero-order valence-electron chi connectivity index (χ0n) is 17.1. The van der Waals surface area contributed by atoms with Gasteiger partial charge in [-0.15, -0.1) is 0 Å². The molecule has 1 N–H and O–H groups in total. The molecule has 0 aliphatic rings. The number of ether oxygens (including phenoxy) is 2. The van der Waals surface area contributed by atoms with Gasteiger partial charge in [0, 0.05) is 6.07 Å². The molecule has 0 spiro atoms. The standard InChI is InChI=1S/C20H24F2N2O5S/c1-13(12-29-19-8-6-5-7-18(19)28-3)23-20(25)14(2)24(30(4,26)27)15-9-10-16(21)17(22)11-15/h5-11,13-14H,12H2,1-4H3,(H,23,25)/t13-,14-/m0/s1. The van der Waals surface area contributed by atoms with E-state index >= 15 is 0 Å². The average molecular weight is 442 g/mol. The minimum atomic E-state index is -3.96. The first kappa shape index (κ1) is 23.4. The second-order valence-corrected chi connectivity index (χ2v) is 8.56. The van der Waals surface area contributed by atoms with Crippen LogP contribution in [-0.4, -0.2) is 46.4 Å². The molecule has 0 heterocycles. The first-order valence-corrected chi connectivity index (χ1v) is 10.9. The molecule has 0 aromatic heterocycles. The summed E-state index contributed by atoms with van der Waals surface area (Å²) in [5.74, 6) is -1.93. The maximum absolute atomic E-state index is 13.6. The van der Waals surface area contributed by atoms with Gasteiger partial charge in [0.25, 0.3) is 0 Å². The van der Waals surface area contributed by atoms with Crippen LogP contribution in [-0.2, 0) is 14.8 Å². The molecule has 0 aliphatic heterocycles. The van der Waals surface area contributed by atoms with Gasteiger partial charge in [0.15, 0.2) is 23.1 Å². The van der Waals surface area contributed by atoms with Crippen LogP contribution in [0.4, 0.5) is 14.5 Å². The number of anilines is 1. The van der Waals surface area contributed by atoms with Gasteiger partial charge in [0.2, 0.25) is 15.9 Å². The van der Waals surface area contributed by atoms with E-state index in [0.29, 0.717) is 11.5 Å². The van der Waals surface area contributed by atoms with Crippen molar-refractivity contribution >= 4 is 21.6 Å². The topological polar surface area (TPSA) is 84.9 Å². The third-order valence-electron chi connectivity index (χ3n) is 4.19. The largest absolute Gasteiger partial charge is 0.493 e. The molecule has 0 saturated heterocycles. The minimum Gasteiger partial charge on any atom is -0.493 e. The van der Waals surface area contributed by atoms with Crippen LogP contribution in [0.15, 0.2) is 42.5 Å². The Morgan fingerprint density at radius 2 is 1.73 bits per heavy atom. The van der Waals surface area contributed by atoms with Gasteiger partial charge in [-0.3, -0.25) is 9.10 Å². The Balaban J connectivity index is 2.10. The third-order valence-corrected chi connectivity index (χ3v) is 5.43. The number of nitrogens with zero attached hydrogens (tertiary/aromatic N) is 1. The quantitative estimate of drug-likeness (QED) is 0.646. The molecule has 10 heteroatoms. The van der Waals surface area contributed by atoms with E-state index in [9.17, 15) is 22.0 Å². The van der Waals surface area contributed by atoms with Gasteiger partial charge < -0.3 is 14.8 Å². The van der Waals surface area contributed by atoms with Crippen LogP contribution in [0.5, 0.6) is 11.5 Å². The molecule has 0 fully saturated rings. The van der Waals surface area contributed by atoms with Gasteiger partial charge in [-0.2, -0.15) is 0 Å². The number of methoxy groups -OCH3 is 1. The lowest BCUT2D eigenvalue weighted by molar-refractivity contribution is -0.122. The highest BCUT2D eigenvalue weighted by atomic mass is 32.2. The SMILES string of the molecule is COc1ccccc1OC[C@H](C)NC(=O)[C@H](C)N(c1ccc(F)c(F)c1)S(C)(=O)=O. The zero-order valence-corrected chi connectivity index (χ0v) is 17.9. The molecule has 164 valence electrons. The van der Waals surface area contributed by atoms with E-state index < -0.39 is 39.6 Å². The van der Waals surface area contributed by atoms with Crippen LogP contribution in [0.1, 0.15) is 13.8 Å². The number of sulfonamides is 1. The van der Waals surface area contributed by atoms with Crippen LogP contribution in [0, 0.1) is 11.6 Å². The van der Waals surface area contributed by atoms with Gasteiger partial charge in [0.1, 0.15) is 12.6 Å². The van der Waals surface area contributed by atoms with Gasteiger partial charge in [-0.05, 0) is 38.1 Å². The lowest BCUT2D eigenvalue weighted by Gasteiger charge is -2.29. The van der Waals surface area contributed by atoms with E-state index in [1.807, 2.05) is 0 Å². The Morgan fingerprint density at radius 1 is 1.10 bits per heavy atom. The molecule has 0 bridgehead atoms. The Morgan fingerprint density at radius 3 is 2.30 bits per heavy atom. The summed E-state index contributed by atoms with van der Waals surface area (Å²) >= 11 is 0. The monoisotopic (exact) mass is 442 g/mol. The molecule has 1 amide bonds. The van der Waals surface area contributed by atoms with Gasteiger partial charge in [-0.1, -0.05) is 12.1 Å². The van der Waals surface area contributed by atoms with Crippen LogP contribution in [0.3, 0.4) is 0 Å². The minimum absolute atomic E-state index is 0.100. The van der Waals surface area contributed by atoms with Crippen molar-refractivity contribution in [3.63, 3.8) is 0 Å². The number of rotatable bonds is 9. The number of amides is 1. The molecule has 0 unspecified atom stereocenters. The fraction of sp³-hybridized carbons (Fsp3) is 0.350. The summed E-state index contributed by atoms with van der Waals surface area (Å²) in [5.41, 5.74) is -0.156. The summed E-state index contributed by atoms with van der Waals surface area (Å²) < 4.78 is 62.9. The second-order valence-electron chi connectivity index (χ2n) is 6.70. The second kappa shape index (κ2) is 9.75. The molecule has 2 aromatic rings. The molecule has 0 radical (unpaired) electrons. The van der Waals surface area contributed by atoms with Crippen molar-refractivity contribution in [3.05, 3.63) is 54.1 Å². The highest BCUT2D eigenvalue weighted by Crippen LogP contribution is 2.26. The van der Waals surface area contributed by atoms with Gasteiger partial charge in [0.05, 0.1) is 25.1 Å². The van der Waals surface area contributed by atoms with E-state index in [2.05, 4.69) is 5.32 Å². The van der Waals surface area contributed by atoms with Crippen molar-refractivity contribution in [2.24, 2.45) is 0 Å². The van der Waals surface area contributed by atoms with E-state index in [1.54, 1.807) is 31.2 Å². The maximum Gasteiger partial charge on any atom is 0.243 e. The molecular formula is C20H24F2N2O5S. The molecule has 0 aliphatic carbocycles. The summed E-state index contributed by atoms with van der Waals surface area (Å²) in [7, 11) is -2.45. The normalized spacial score (nSPS) is 13.3. The molecular weight excluding hydrogens is 418 g/mol. The molecule has 7 nitrogen and oxygen atoms in total. The Bertz CT molecular complexity index is 1000. The molecule has 2 rings (SSSR count). The number of carbonyl (C=O) groups excluding carboxylic acids is 1. The fourth-order valence-corrected chi connectivity index (χ4v) is 3.96. The smallest absolute Gasteiger partial charge is 0.243 e. The summed E-state index contributed by atoms with van der Waals surface area (Å²) in [4.78, 5) is 12.6. The number of hydrogen-bond donors (Lipinski definition) is 1. The lowest BCUT2D eigenvalue weighted by Crippen LogP contribution is -2.50. The van der Waals surface area contributed by atoms with Crippen molar-refractivity contribution in [2.75, 3.05) is 24.3 Å². The maximum atomic E-state index is 13.6. The summed E-state index contributed by atoms with van der Waals surface area (Å²) in [6, 6.07) is 7.95. The number of nitrogens with one attached hydrogen (secondary N) is 1. The van der Waals surface area contributed by atoms with Crippen LogP contribution < -0.4 is 19.1 Å². The van der Waals surface area contributed by atoms with E-state index in [4.69, 9.17) is 9.47 Å². The molecule has 0 saturated carbocycles. The van der Waals surface area contributed by atoms with E-state index in [-0.39, 0.29) is 12.3 Å². The fourth-order valence-electron chi connectivity index (χ4n) is 2.79. The van der Waals surface area contributed by atoms with Crippen molar-refractivity contribution in [1.82, 2.24) is 5.32 Å². The predicted molar refractivity (Wildman–Crippen MR) is 109 cm³/mol. The van der Waals surface area contributed by atoms with Crippen LogP contribution in [0.25, 0.3) is 0 Å². The lowest BCUT2D eigenvalue weighted by atomic mass is 10.2. The summed E-state index contributed by atoms with van der Waals surface area (Å²) in [5, 5.41) is 2.66. The Hall–Kier alpha value is -2.88. The Labute approximate surface area is 174 Å².